The van der Waals surface area contributed by atoms with Crippen LogP contribution >= 0.6 is 11.3 Å². The van der Waals surface area contributed by atoms with Gasteiger partial charge in [-0.05, 0) is 36.2 Å². The van der Waals surface area contributed by atoms with Crippen LogP contribution in [0.1, 0.15) is 16.1 Å². The number of ether oxygens (including phenoxy) is 2. The van der Waals surface area contributed by atoms with Crippen LogP contribution in [0.15, 0.2) is 53.6 Å². The summed E-state index contributed by atoms with van der Waals surface area (Å²) in [5.41, 5.74) is 3.77. The highest BCUT2D eigenvalue weighted by Gasteiger charge is 2.30. The number of nitrogens with zero attached hydrogens (tertiary/aromatic N) is 3. The fraction of sp³-hybridized carbons (Fsp3) is 0.208. The summed E-state index contributed by atoms with van der Waals surface area (Å²) in [5, 5.41) is 30.6. The SMILES string of the molecule is COc1ccc(CCN2CC(O)=C(c3nc(-c4ccc(C#N)cc4)cs3)C2=N)cc1OC. The maximum Gasteiger partial charge on any atom is 0.160 e. The highest BCUT2D eigenvalue weighted by molar-refractivity contribution is 7.11. The maximum atomic E-state index is 10.6. The first-order chi connectivity index (χ1) is 15.5. The lowest BCUT2D eigenvalue weighted by Crippen LogP contribution is -2.28. The van der Waals surface area contributed by atoms with Crippen molar-refractivity contribution in [3.63, 3.8) is 0 Å². The fourth-order valence-electron chi connectivity index (χ4n) is 3.59. The molecule has 1 aromatic heterocycles. The van der Waals surface area contributed by atoms with E-state index in [2.05, 4.69) is 11.1 Å². The number of aliphatic hydroxyl groups is 1. The van der Waals surface area contributed by atoms with Crippen LogP contribution in [0.25, 0.3) is 16.8 Å². The lowest BCUT2D eigenvalue weighted by molar-refractivity contribution is 0.349. The van der Waals surface area contributed by atoms with E-state index in [4.69, 9.17) is 20.1 Å². The lowest BCUT2D eigenvalue weighted by atomic mass is 10.1. The molecular weight excluding hydrogens is 424 g/mol. The molecule has 0 fully saturated rings. The number of thiazole rings is 1. The molecule has 0 unspecified atom stereocenters. The van der Waals surface area contributed by atoms with E-state index >= 15 is 0 Å². The highest BCUT2D eigenvalue weighted by Crippen LogP contribution is 2.33. The molecule has 0 amide bonds. The van der Waals surface area contributed by atoms with E-state index in [9.17, 15) is 5.11 Å². The minimum Gasteiger partial charge on any atom is -0.510 e. The number of rotatable bonds is 7. The average molecular weight is 447 g/mol. The summed E-state index contributed by atoms with van der Waals surface area (Å²) in [6, 6.07) is 15.1. The van der Waals surface area contributed by atoms with Gasteiger partial charge in [-0.3, -0.25) is 5.41 Å². The Morgan fingerprint density at radius 3 is 2.59 bits per heavy atom. The number of aromatic nitrogens is 1. The summed E-state index contributed by atoms with van der Waals surface area (Å²) in [4.78, 5) is 6.47. The van der Waals surface area contributed by atoms with Crippen LogP contribution in [0.4, 0.5) is 0 Å². The van der Waals surface area contributed by atoms with Crippen LogP contribution in [0.2, 0.25) is 0 Å². The third-order valence-electron chi connectivity index (χ3n) is 5.33. The van der Waals surface area contributed by atoms with Gasteiger partial charge in [-0.2, -0.15) is 5.26 Å². The van der Waals surface area contributed by atoms with E-state index < -0.39 is 0 Å². The summed E-state index contributed by atoms with van der Waals surface area (Å²) in [6.45, 7) is 0.864. The molecule has 1 aliphatic rings. The van der Waals surface area contributed by atoms with Gasteiger partial charge in [-0.1, -0.05) is 18.2 Å². The second-order valence-corrected chi connectivity index (χ2v) is 8.12. The molecule has 0 aliphatic carbocycles. The molecule has 8 heteroatoms. The van der Waals surface area contributed by atoms with E-state index in [1.54, 1.807) is 26.4 Å². The molecule has 4 rings (SSSR count). The second kappa shape index (κ2) is 9.12. The molecule has 0 atom stereocenters. The van der Waals surface area contributed by atoms with Crippen molar-refractivity contribution in [2.75, 3.05) is 27.3 Å². The Kier molecular flexibility index (Phi) is 6.10. The Morgan fingerprint density at radius 2 is 1.91 bits per heavy atom. The van der Waals surface area contributed by atoms with E-state index in [1.807, 2.05) is 40.6 Å². The predicted octanol–water partition coefficient (Wildman–Crippen LogP) is 4.50. The van der Waals surface area contributed by atoms with Crippen molar-refractivity contribution in [3.8, 4) is 28.8 Å². The summed E-state index contributed by atoms with van der Waals surface area (Å²) in [6.07, 6.45) is 0.692. The second-order valence-electron chi connectivity index (χ2n) is 7.26. The van der Waals surface area contributed by atoms with Gasteiger partial charge in [0.2, 0.25) is 0 Å². The van der Waals surface area contributed by atoms with Crippen molar-refractivity contribution in [2.24, 2.45) is 0 Å². The van der Waals surface area contributed by atoms with Crippen LogP contribution in [0, 0.1) is 16.7 Å². The molecule has 32 heavy (non-hydrogen) atoms. The molecule has 0 saturated heterocycles. The Hall–Kier alpha value is -3.83. The third-order valence-corrected chi connectivity index (χ3v) is 6.19. The first kappa shape index (κ1) is 21.4. The zero-order valence-electron chi connectivity index (χ0n) is 17.8. The van der Waals surface area contributed by atoms with Gasteiger partial charge < -0.3 is 19.5 Å². The minimum atomic E-state index is 0.156. The molecule has 7 nitrogen and oxygen atoms in total. The van der Waals surface area contributed by atoms with E-state index in [1.165, 1.54) is 11.3 Å². The number of aliphatic hydroxyl groups excluding tert-OH is 1. The number of hydrogen-bond acceptors (Lipinski definition) is 7. The molecule has 3 aromatic rings. The first-order valence-electron chi connectivity index (χ1n) is 9.97. The van der Waals surface area contributed by atoms with Crippen LogP contribution in [-0.4, -0.2) is 48.1 Å². The van der Waals surface area contributed by atoms with Gasteiger partial charge in [-0.25, -0.2) is 4.98 Å². The molecule has 0 spiro atoms. The number of methoxy groups -OCH3 is 2. The summed E-state index contributed by atoms with van der Waals surface area (Å²) in [7, 11) is 3.20. The molecule has 0 radical (unpaired) electrons. The van der Waals surface area contributed by atoms with Gasteiger partial charge in [0.1, 0.15) is 16.6 Å². The molecular formula is C24H22N4O3S. The van der Waals surface area contributed by atoms with Crippen LogP contribution in [-0.2, 0) is 6.42 Å². The lowest BCUT2D eigenvalue weighted by Gasteiger charge is -2.18. The Labute approximate surface area is 190 Å². The van der Waals surface area contributed by atoms with Crippen molar-refractivity contribution < 1.29 is 14.6 Å². The largest absolute Gasteiger partial charge is 0.510 e. The third kappa shape index (κ3) is 4.15. The standard InChI is InChI=1S/C24H22N4O3S/c1-30-20-8-5-15(11-21(20)31-2)9-10-28-13-19(29)22(23(28)26)24-27-18(14-32-24)17-6-3-16(12-25)4-7-17/h3-8,11,14,26,29H,9-10,13H2,1-2H3. The van der Waals surface area contributed by atoms with Gasteiger partial charge in [-0.15, -0.1) is 11.3 Å². The van der Waals surface area contributed by atoms with Crippen LogP contribution in [0.5, 0.6) is 11.5 Å². The monoisotopic (exact) mass is 446 g/mol. The topological polar surface area (TPSA) is 102 Å². The van der Waals surface area contributed by atoms with Gasteiger partial charge >= 0.3 is 0 Å². The van der Waals surface area contributed by atoms with E-state index in [0.717, 1.165) is 16.8 Å². The number of nitriles is 1. The van der Waals surface area contributed by atoms with Gasteiger partial charge in [0.25, 0.3) is 0 Å². The molecule has 2 aromatic carbocycles. The van der Waals surface area contributed by atoms with Gasteiger partial charge in [0.15, 0.2) is 11.5 Å². The van der Waals surface area contributed by atoms with Crippen molar-refractivity contribution in [1.82, 2.24) is 9.88 Å². The first-order valence-corrected chi connectivity index (χ1v) is 10.8. The minimum absolute atomic E-state index is 0.156. The normalized spacial score (nSPS) is 13.4. The van der Waals surface area contributed by atoms with E-state index in [-0.39, 0.29) is 18.1 Å². The summed E-state index contributed by atoms with van der Waals surface area (Å²) < 4.78 is 10.6. The summed E-state index contributed by atoms with van der Waals surface area (Å²) >= 11 is 1.39. The number of hydrogen-bond donors (Lipinski definition) is 2. The Morgan fingerprint density at radius 1 is 1.16 bits per heavy atom. The smallest absolute Gasteiger partial charge is 0.160 e. The highest BCUT2D eigenvalue weighted by atomic mass is 32.1. The quantitative estimate of drug-likeness (QED) is 0.554. The van der Waals surface area contributed by atoms with Crippen LogP contribution in [0.3, 0.4) is 0 Å². The molecule has 1 aliphatic heterocycles. The fourth-order valence-corrected chi connectivity index (χ4v) is 4.48. The zero-order valence-corrected chi connectivity index (χ0v) is 18.6. The molecule has 2 N–H and O–H groups in total. The summed E-state index contributed by atoms with van der Waals surface area (Å²) in [5.74, 6) is 1.77. The molecule has 0 saturated carbocycles. The van der Waals surface area contributed by atoms with E-state index in [0.29, 0.717) is 40.6 Å². The molecule has 162 valence electrons. The molecule has 0 bridgehead atoms. The number of amidine groups is 1. The average Bonchev–Trinajstić information content (AvgIpc) is 3.41. The number of benzene rings is 2. The molecule has 2 heterocycles. The number of nitrogens with one attached hydrogen (secondary N) is 1. The van der Waals surface area contributed by atoms with Crippen molar-refractivity contribution >= 4 is 22.7 Å². The predicted molar refractivity (Wildman–Crippen MR) is 124 cm³/mol. The van der Waals surface area contributed by atoms with Crippen molar-refractivity contribution in [3.05, 3.63) is 69.7 Å². The Balaban J connectivity index is 1.46. The van der Waals surface area contributed by atoms with Crippen molar-refractivity contribution in [2.45, 2.75) is 6.42 Å². The Bertz CT molecular complexity index is 1220. The van der Waals surface area contributed by atoms with Crippen LogP contribution < -0.4 is 9.47 Å². The van der Waals surface area contributed by atoms with Gasteiger partial charge in [0.05, 0.1) is 43.7 Å². The van der Waals surface area contributed by atoms with Gasteiger partial charge in [0, 0.05) is 17.5 Å². The maximum absolute atomic E-state index is 10.6. The zero-order chi connectivity index (χ0) is 22.7. The van der Waals surface area contributed by atoms with Crippen molar-refractivity contribution in [1.29, 1.82) is 10.7 Å².